The maximum atomic E-state index is 12.3. The molecule has 6 nitrogen and oxygen atoms in total. The molecule has 0 aliphatic carbocycles. The van der Waals surface area contributed by atoms with Crippen LogP contribution in [0.4, 0.5) is 11.4 Å². The summed E-state index contributed by atoms with van der Waals surface area (Å²) in [6.07, 6.45) is 0. The van der Waals surface area contributed by atoms with Crippen molar-refractivity contribution in [2.75, 3.05) is 17.2 Å². The third-order valence-corrected chi connectivity index (χ3v) is 3.17. The van der Waals surface area contributed by atoms with Crippen molar-refractivity contribution in [1.29, 1.82) is 0 Å². The highest BCUT2D eigenvalue weighted by Crippen LogP contribution is 2.15. The quantitative estimate of drug-likeness (QED) is 0.790. The lowest BCUT2D eigenvalue weighted by Gasteiger charge is -2.09. The van der Waals surface area contributed by atoms with Gasteiger partial charge in [0.2, 0.25) is 5.91 Å². The van der Waals surface area contributed by atoms with Crippen molar-refractivity contribution in [2.45, 2.75) is 13.8 Å². The molecule has 0 radical (unpaired) electrons. The van der Waals surface area contributed by atoms with Gasteiger partial charge in [-0.2, -0.15) is 0 Å². The SMILES string of the molecule is CCNC(=O)c1cccc(NC(=O)c2cccc(NC(C)=O)c2)c1. The predicted molar refractivity (Wildman–Crippen MR) is 93.1 cm³/mol. The normalized spacial score (nSPS) is 9.92. The summed E-state index contributed by atoms with van der Waals surface area (Å²) >= 11 is 0. The number of nitrogens with one attached hydrogen (secondary N) is 3. The van der Waals surface area contributed by atoms with Crippen molar-refractivity contribution in [1.82, 2.24) is 5.32 Å². The Labute approximate surface area is 140 Å². The molecule has 6 heteroatoms. The molecule has 0 unspecified atom stereocenters. The summed E-state index contributed by atoms with van der Waals surface area (Å²) < 4.78 is 0. The molecule has 0 bridgehead atoms. The number of rotatable bonds is 5. The molecule has 2 rings (SSSR count). The van der Waals surface area contributed by atoms with Crippen LogP contribution in [0.2, 0.25) is 0 Å². The first-order valence-corrected chi connectivity index (χ1v) is 7.57. The predicted octanol–water partition coefficient (Wildman–Crippen LogP) is 2.65. The first-order chi connectivity index (χ1) is 11.5. The van der Waals surface area contributed by atoms with Crippen LogP contribution in [0.1, 0.15) is 34.6 Å². The van der Waals surface area contributed by atoms with E-state index in [4.69, 9.17) is 0 Å². The van der Waals surface area contributed by atoms with E-state index in [0.29, 0.717) is 29.0 Å². The Morgan fingerprint density at radius 1 is 0.833 bits per heavy atom. The highest BCUT2D eigenvalue weighted by Gasteiger charge is 2.09. The molecule has 0 aromatic heterocycles. The lowest BCUT2D eigenvalue weighted by atomic mass is 10.1. The molecule has 0 saturated heterocycles. The smallest absolute Gasteiger partial charge is 0.255 e. The van der Waals surface area contributed by atoms with Gasteiger partial charge in [0.25, 0.3) is 11.8 Å². The minimum absolute atomic E-state index is 0.193. The first kappa shape index (κ1) is 17.2. The second-order valence-corrected chi connectivity index (χ2v) is 5.16. The van der Waals surface area contributed by atoms with E-state index in [1.165, 1.54) is 6.92 Å². The second-order valence-electron chi connectivity index (χ2n) is 5.16. The molecule has 3 N–H and O–H groups in total. The number of anilines is 2. The number of benzene rings is 2. The minimum Gasteiger partial charge on any atom is -0.352 e. The van der Waals surface area contributed by atoms with Gasteiger partial charge in [0.15, 0.2) is 0 Å². The van der Waals surface area contributed by atoms with E-state index in [9.17, 15) is 14.4 Å². The second kappa shape index (κ2) is 7.92. The maximum absolute atomic E-state index is 12.3. The van der Waals surface area contributed by atoms with Gasteiger partial charge in [-0.15, -0.1) is 0 Å². The van der Waals surface area contributed by atoms with Crippen LogP contribution in [0.5, 0.6) is 0 Å². The summed E-state index contributed by atoms with van der Waals surface area (Å²) in [6.45, 7) is 3.77. The number of carbonyl (C=O) groups excluding carboxylic acids is 3. The van der Waals surface area contributed by atoms with Crippen molar-refractivity contribution in [3.63, 3.8) is 0 Å². The van der Waals surface area contributed by atoms with E-state index in [-0.39, 0.29) is 17.7 Å². The molecular formula is C18H19N3O3. The summed E-state index contributed by atoms with van der Waals surface area (Å²) in [5.41, 5.74) is 1.95. The highest BCUT2D eigenvalue weighted by molar-refractivity contribution is 6.06. The van der Waals surface area contributed by atoms with Crippen LogP contribution >= 0.6 is 0 Å². The van der Waals surface area contributed by atoms with Gasteiger partial charge in [-0.3, -0.25) is 14.4 Å². The van der Waals surface area contributed by atoms with Crippen molar-refractivity contribution in [2.24, 2.45) is 0 Å². The number of amides is 3. The van der Waals surface area contributed by atoms with E-state index in [1.54, 1.807) is 48.5 Å². The van der Waals surface area contributed by atoms with Crippen LogP contribution in [0.15, 0.2) is 48.5 Å². The molecule has 0 atom stereocenters. The zero-order valence-corrected chi connectivity index (χ0v) is 13.6. The maximum Gasteiger partial charge on any atom is 0.255 e. The Hall–Kier alpha value is -3.15. The van der Waals surface area contributed by atoms with Crippen LogP contribution in [-0.2, 0) is 4.79 Å². The molecule has 3 amide bonds. The molecular weight excluding hydrogens is 306 g/mol. The Bertz CT molecular complexity index is 772. The van der Waals surface area contributed by atoms with E-state index < -0.39 is 0 Å². The first-order valence-electron chi connectivity index (χ1n) is 7.57. The third kappa shape index (κ3) is 4.67. The van der Waals surface area contributed by atoms with Crippen molar-refractivity contribution >= 4 is 29.1 Å². The molecule has 0 fully saturated rings. The van der Waals surface area contributed by atoms with Crippen LogP contribution in [0.25, 0.3) is 0 Å². The standard InChI is InChI=1S/C18H19N3O3/c1-3-19-17(23)13-6-4-9-16(10-13)21-18(24)14-7-5-8-15(11-14)20-12(2)22/h4-11H,3H2,1-2H3,(H,19,23)(H,20,22)(H,21,24). The zero-order chi connectivity index (χ0) is 17.5. The topological polar surface area (TPSA) is 87.3 Å². The molecule has 124 valence electrons. The molecule has 0 spiro atoms. The number of hydrogen-bond acceptors (Lipinski definition) is 3. The number of hydrogen-bond donors (Lipinski definition) is 3. The summed E-state index contributed by atoms with van der Waals surface area (Å²) in [6, 6.07) is 13.3. The molecule has 0 aliphatic rings. The Kier molecular flexibility index (Phi) is 5.68. The van der Waals surface area contributed by atoms with Gasteiger partial charge in [0.05, 0.1) is 0 Å². The lowest BCUT2D eigenvalue weighted by Crippen LogP contribution is -2.22. The van der Waals surface area contributed by atoms with Gasteiger partial charge in [-0.05, 0) is 43.3 Å². The van der Waals surface area contributed by atoms with Gasteiger partial charge in [0, 0.05) is 36.0 Å². The Morgan fingerprint density at radius 2 is 1.38 bits per heavy atom. The molecule has 0 aliphatic heterocycles. The van der Waals surface area contributed by atoms with Crippen LogP contribution in [-0.4, -0.2) is 24.3 Å². The van der Waals surface area contributed by atoms with E-state index >= 15 is 0 Å². The van der Waals surface area contributed by atoms with Gasteiger partial charge in [-0.25, -0.2) is 0 Å². The minimum atomic E-state index is -0.324. The van der Waals surface area contributed by atoms with Crippen molar-refractivity contribution in [3.8, 4) is 0 Å². The van der Waals surface area contributed by atoms with Crippen molar-refractivity contribution < 1.29 is 14.4 Å². The lowest BCUT2D eigenvalue weighted by molar-refractivity contribution is -0.114. The van der Waals surface area contributed by atoms with Gasteiger partial charge >= 0.3 is 0 Å². The average Bonchev–Trinajstić information content (AvgIpc) is 2.55. The molecule has 0 saturated carbocycles. The van der Waals surface area contributed by atoms with Gasteiger partial charge < -0.3 is 16.0 Å². The number of carbonyl (C=O) groups is 3. The monoisotopic (exact) mass is 325 g/mol. The van der Waals surface area contributed by atoms with Crippen LogP contribution in [0.3, 0.4) is 0 Å². The van der Waals surface area contributed by atoms with Gasteiger partial charge in [0.1, 0.15) is 0 Å². The summed E-state index contributed by atoms with van der Waals surface area (Å²) in [7, 11) is 0. The summed E-state index contributed by atoms with van der Waals surface area (Å²) in [5, 5.41) is 8.08. The van der Waals surface area contributed by atoms with E-state index in [0.717, 1.165) is 0 Å². The Balaban J connectivity index is 2.13. The molecule has 2 aromatic rings. The fourth-order valence-electron chi connectivity index (χ4n) is 2.15. The Morgan fingerprint density at radius 3 is 1.92 bits per heavy atom. The van der Waals surface area contributed by atoms with Crippen LogP contribution < -0.4 is 16.0 Å². The van der Waals surface area contributed by atoms with Crippen molar-refractivity contribution in [3.05, 3.63) is 59.7 Å². The molecule has 24 heavy (non-hydrogen) atoms. The highest BCUT2D eigenvalue weighted by atomic mass is 16.2. The molecule has 2 aromatic carbocycles. The van der Waals surface area contributed by atoms with E-state index in [1.807, 2.05) is 6.92 Å². The summed E-state index contributed by atoms with van der Waals surface area (Å²) in [4.78, 5) is 35.3. The fraction of sp³-hybridized carbons (Fsp3) is 0.167. The fourth-order valence-corrected chi connectivity index (χ4v) is 2.15. The average molecular weight is 325 g/mol. The largest absolute Gasteiger partial charge is 0.352 e. The third-order valence-electron chi connectivity index (χ3n) is 3.17. The van der Waals surface area contributed by atoms with Crippen LogP contribution in [0, 0.1) is 0 Å². The zero-order valence-electron chi connectivity index (χ0n) is 13.6. The van der Waals surface area contributed by atoms with Gasteiger partial charge in [-0.1, -0.05) is 12.1 Å². The summed E-state index contributed by atoms with van der Waals surface area (Å²) in [5.74, 6) is -0.723. The van der Waals surface area contributed by atoms with E-state index in [2.05, 4.69) is 16.0 Å². The molecule has 0 heterocycles.